The molecule has 1 heterocycles. The standard InChI is InChI=1S/C31H28ClN3O5S2/c1-4-40-31(39)25-18(2)26(29(38)33-22-12-6-5-7-13-22)42-30(25)35-27(36)19(3)41-24-15-9-14-23(17-24)34-28(37)20-10-8-11-21(32)16-20/h5-17,19H,4H2,1-3H3,(H,33,38)(H,34,37)(H,35,36). The van der Waals surface area contributed by atoms with Crippen LogP contribution in [0.1, 0.15) is 49.8 Å². The van der Waals surface area contributed by atoms with Crippen molar-refractivity contribution >= 4 is 74.8 Å². The second-order valence-corrected chi connectivity index (χ2v) is 11.9. The Hall–Kier alpha value is -4.12. The van der Waals surface area contributed by atoms with E-state index in [-0.39, 0.29) is 29.0 Å². The van der Waals surface area contributed by atoms with Gasteiger partial charge in [0.2, 0.25) is 5.91 Å². The van der Waals surface area contributed by atoms with Crippen LogP contribution < -0.4 is 16.0 Å². The third-order valence-electron chi connectivity index (χ3n) is 5.96. The minimum absolute atomic E-state index is 0.142. The fourth-order valence-electron chi connectivity index (χ4n) is 3.93. The molecule has 0 fully saturated rings. The highest BCUT2D eigenvalue weighted by molar-refractivity contribution is 8.00. The van der Waals surface area contributed by atoms with E-state index in [9.17, 15) is 19.2 Å². The Bertz CT molecular complexity index is 1620. The molecule has 0 saturated heterocycles. The van der Waals surface area contributed by atoms with Crippen molar-refractivity contribution in [1.29, 1.82) is 0 Å². The van der Waals surface area contributed by atoms with Crippen molar-refractivity contribution in [1.82, 2.24) is 0 Å². The molecule has 8 nitrogen and oxygen atoms in total. The molecule has 216 valence electrons. The maximum absolute atomic E-state index is 13.3. The molecule has 0 radical (unpaired) electrons. The summed E-state index contributed by atoms with van der Waals surface area (Å²) in [5.74, 6) is -1.69. The van der Waals surface area contributed by atoms with Crippen molar-refractivity contribution in [2.75, 3.05) is 22.6 Å². The Kier molecular flexibility index (Phi) is 10.4. The van der Waals surface area contributed by atoms with E-state index in [0.29, 0.717) is 32.4 Å². The van der Waals surface area contributed by atoms with Crippen LogP contribution in [0.2, 0.25) is 5.02 Å². The molecule has 1 unspecified atom stereocenters. The number of rotatable bonds is 10. The molecule has 42 heavy (non-hydrogen) atoms. The Morgan fingerprint density at radius 1 is 0.881 bits per heavy atom. The van der Waals surface area contributed by atoms with Crippen molar-refractivity contribution in [3.8, 4) is 0 Å². The van der Waals surface area contributed by atoms with Gasteiger partial charge < -0.3 is 20.7 Å². The number of benzene rings is 3. The first-order chi connectivity index (χ1) is 20.2. The molecule has 4 rings (SSSR count). The van der Waals surface area contributed by atoms with Crippen molar-refractivity contribution in [2.45, 2.75) is 30.9 Å². The molecule has 0 spiro atoms. The molecule has 3 aromatic carbocycles. The van der Waals surface area contributed by atoms with Gasteiger partial charge in [-0.05, 0) is 74.9 Å². The Balaban J connectivity index is 1.48. The van der Waals surface area contributed by atoms with Gasteiger partial charge >= 0.3 is 5.97 Å². The van der Waals surface area contributed by atoms with E-state index in [1.165, 1.54) is 11.8 Å². The molecule has 0 saturated carbocycles. The predicted octanol–water partition coefficient (Wildman–Crippen LogP) is 7.51. The molecular formula is C31H28ClN3O5S2. The van der Waals surface area contributed by atoms with E-state index in [4.69, 9.17) is 16.3 Å². The number of anilines is 3. The summed E-state index contributed by atoms with van der Waals surface area (Å²) in [6.45, 7) is 5.21. The van der Waals surface area contributed by atoms with Crippen molar-refractivity contribution in [3.05, 3.63) is 105 Å². The van der Waals surface area contributed by atoms with Crippen molar-refractivity contribution in [2.24, 2.45) is 0 Å². The highest BCUT2D eigenvalue weighted by atomic mass is 35.5. The van der Waals surface area contributed by atoms with Crippen molar-refractivity contribution in [3.63, 3.8) is 0 Å². The van der Waals surface area contributed by atoms with E-state index in [2.05, 4.69) is 16.0 Å². The highest BCUT2D eigenvalue weighted by Gasteiger charge is 2.28. The average molecular weight is 622 g/mol. The lowest BCUT2D eigenvalue weighted by Gasteiger charge is -2.13. The second-order valence-electron chi connectivity index (χ2n) is 9.04. The molecule has 1 atom stereocenters. The second kappa shape index (κ2) is 14.2. The summed E-state index contributed by atoms with van der Waals surface area (Å²) in [4.78, 5) is 52.8. The maximum atomic E-state index is 13.3. The van der Waals surface area contributed by atoms with Gasteiger partial charge in [-0.25, -0.2) is 4.79 Å². The lowest BCUT2D eigenvalue weighted by atomic mass is 10.1. The summed E-state index contributed by atoms with van der Waals surface area (Å²) in [5, 5.41) is 8.59. The van der Waals surface area contributed by atoms with E-state index in [1.807, 2.05) is 12.1 Å². The predicted molar refractivity (Wildman–Crippen MR) is 169 cm³/mol. The minimum atomic E-state index is -0.622. The minimum Gasteiger partial charge on any atom is -0.462 e. The Labute approximate surface area is 256 Å². The fourth-order valence-corrected chi connectivity index (χ4v) is 6.14. The Morgan fingerprint density at radius 3 is 2.29 bits per heavy atom. The summed E-state index contributed by atoms with van der Waals surface area (Å²) in [5.41, 5.74) is 2.16. The first-order valence-electron chi connectivity index (χ1n) is 13.0. The zero-order chi connectivity index (χ0) is 30.2. The number of halogens is 1. The van der Waals surface area contributed by atoms with Gasteiger partial charge in [0.25, 0.3) is 11.8 Å². The summed E-state index contributed by atoms with van der Waals surface area (Å²) in [6.07, 6.45) is 0. The largest absolute Gasteiger partial charge is 0.462 e. The average Bonchev–Trinajstić information content (AvgIpc) is 3.29. The zero-order valence-corrected chi connectivity index (χ0v) is 25.4. The van der Waals surface area contributed by atoms with Gasteiger partial charge in [-0.2, -0.15) is 0 Å². The number of carbonyl (C=O) groups excluding carboxylic acids is 4. The van der Waals surface area contributed by atoms with E-state index in [1.54, 1.807) is 87.5 Å². The van der Waals surface area contributed by atoms with Crippen LogP contribution >= 0.6 is 34.7 Å². The number of carbonyl (C=O) groups is 4. The van der Waals surface area contributed by atoms with Gasteiger partial charge in [0, 0.05) is 26.9 Å². The van der Waals surface area contributed by atoms with Gasteiger partial charge in [-0.1, -0.05) is 41.9 Å². The molecule has 4 aromatic rings. The van der Waals surface area contributed by atoms with Crippen LogP contribution in [0.4, 0.5) is 16.4 Å². The smallest absolute Gasteiger partial charge is 0.341 e. The van der Waals surface area contributed by atoms with Crippen molar-refractivity contribution < 1.29 is 23.9 Å². The van der Waals surface area contributed by atoms with Crippen LogP contribution in [0.15, 0.2) is 83.8 Å². The number of hydrogen-bond acceptors (Lipinski definition) is 7. The Morgan fingerprint density at radius 2 is 1.57 bits per heavy atom. The number of para-hydroxylation sites is 1. The number of nitrogens with one attached hydrogen (secondary N) is 3. The quantitative estimate of drug-likeness (QED) is 0.125. The first-order valence-corrected chi connectivity index (χ1v) is 15.0. The van der Waals surface area contributed by atoms with Gasteiger partial charge in [0.1, 0.15) is 5.00 Å². The van der Waals surface area contributed by atoms with Gasteiger partial charge in [0.05, 0.1) is 22.3 Å². The van der Waals surface area contributed by atoms with Crippen LogP contribution in [-0.4, -0.2) is 35.5 Å². The van der Waals surface area contributed by atoms with Crippen LogP contribution in [-0.2, 0) is 9.53 Å². The highest BCUT2D eigenvalue weighted by Crippen LogP contribution is 2.35. The number of thioether (sulfide) groups is 1. The monoisotopic (exact) mass is 621 g/mol. The summed E-state index contributed by atoms with van der Waals surface area (Å²) >= 11 is 8.29. The molecule has 0 bridgehead atoms. The normalized spacial score (nSPS) is 11.3. The zero-order valence-electron chi connectivity index (χ0n) is 23.0. The third kappa shape index (κ3) is 7.79. The summed E-state index contributed by atoms with van der Waals surface area (Å²) in [6, 6.07) is 22.7. The SMILES string of the molecule is CCOC(=O)c1c(NC(=O)C(C)Sc2cccc(NC(=O)c3cccc(Cl)c3)c2)sc(C(=O)Nc2ccccc2)c1C. The number of thiophene rings is 1. The summed E-state index contributed by atoms with van der Waals surface area (Å²) in [7, 11) is 0. The number of ether oxygens (including phenoxy) is 1. The third-order valence-corrected chi connectivity index (χ3v) is 8.50. The fraction of sp³-hybridized carbons (Fsp3) is 0.161. The molecule has 3 N–H and O–H groups in total. The van der Waals surface area contributed by atoms with Crippen LogP contribution in [0.5, 0.6) is 0 Å². The summed E-state index contributed by atoms with van der Waals surface area (Å²) < 4.78 is 5.22. The molecule has 0 aliphatic rings. The lowest BCUT2D eigenvalue weighted by Crippen LogP contribution is -2.23. The topological polar surface area (TPSA) is 114 Å². The molecule has 1 aromatic heterocycles. The number of esters is 1. The van der Waals surface area contributed by atoms with Crippen LogP contribution in [0.3, 0.4) is 0 Å². The molecule has 3 amide bonds. The van der Waals surface area contributed by atoms with Gasteiger partial charge in [-0.3, -0.25) is 14.4 Å². The maximum Gasteiger partial charge on any atom is 0.341 e. The molecular weight excluding hydrogens is 594 g/mol. The molecule has 0 aliphatic carbocycles. The number of hydrogen-bond donors (Lipinski definition) is 3. The van der Waals surface area contributed by atoms with E-state index < -0.39 is 17.1 Å². The van der Waals surface area contributed by atoms with Gasteiger partial charge in [-0.15, -0.1) is 23.1 Å². The molecule has 0 aliphatic heterocycles. The number of amides is 3. The van der Waals surface area contributed by atoms with E-state index in [0.717, 1.165) is 16.2 Å². The van der Waals surface area contributed by atoms with E-state index >= 15 is 0 Å². The lowest BCUT2D eigenvalue weighted by molar-refractivity contribution is -0.115. The van der Waals surface area contributed by atoms with Crippen LogP contribution in [0, 0.1) is 6.92 Å². The molecule has 11 heteroatoms. The van der Waals surface area contributed by atoms with Gasteiger partial charge in [0.15, 0.2) is 0 Å². The first kappa shape index (κ1) is 30.8. The van der Waals surface area contributed by atoms with Crippen LogP contribution in [0.25, 0.3) is 0 Å².